The number of carbonyl (C=O) groups excluding carboxylic acids is 1. The Bertz CT molecular complexity index is 454. The molecule has 0 fully saturated rings. The number of aromatic amines is 1. The van der Waals surface area contributed by atoms with Gasteiger partial charge in [-0.05, 0) is 29.8 Å². The summed E-state index contributed by atoms with van der Waals surface area (Å²) in [6.07, 6.45) is 0.719. The Morgan fingerprint density at radius 3 is 2.88 bits per heavy atom. The van der Waals surface area contributed by atoms with E-state index >= 15 is 0 Å². The van der Waals surface area contributed by atoms with Crippen LogP contribution in [0.5, 0.6) is 0 Å². The molecule has 1 amide bonds. The third-order valence-electron chi connectivity index (χ3n) is 2.01. The molecule has 1 aromatic rings. The van der Waals surface area contributed by atoms with Crippen LogP contribution in [0, 0.1) is 6.92 Å². The standard InChI is InChI=1S/C10H13BrN2O3/c1-5(14)3-13-10(16)7-4-12-6(2)8(11)9(7)15/h4-5,14H,3H2,1-2H3,(H,12,15)(H,13,16). The van der Waals surface area contributed by atoms with Gasteiger partial charge in [0, 0.05) is 18.4 Å². The van der Waals surface area contributed by atoms with E-state index in [2.05, 4.69) is 26.2 Å². The molecular weight excluding hydrogens is 276 g/mol. The number of amides is 1. The van der Waals surface area contributed by atoms with Crippen molar-refractivity contribution in [1.82, 2.24) is 10.3 Å². The van der Waals surface area contributed by atoms with E-state index in [-0.39, 0.29) is 17.5 Å². The summed E-state index contributed by atoms with van der Waals surface area (Å²) in [7, 11) is 0. The molecule has 3 N–H and O–H groups in total. The van der Waals surface area contributed by atoms with Gasteiger partial charge in [0.15, 0.2) is 0 Å². The van der Waals surface area contributed by atoms with Crippen molar-refractivity contribution >= 4 is 21.8 Å². The van der Waals surface area contributed by atoms with Crippen molar-refractivity contribution < 1.29 is 9.90 Å². The van der Waals surface area contributed by atoms with Crippen molar-refractivity contribution in [1.29, 1.82) is 0 Å². The van der Waals surface area contributed by atoms with E-state index in [0.29, 0.717) is 10.2 Å². The third-order valence-corrected chi connectivity index (χ3v) is 2.96. The molecule has 5 nitrogen and oxygen atoms in total. The quantitative estimate of drug-likeness (QED) is 0.760. The minimum absolute atomic E-state index is 0.0260. The van der Waals surface area contributed by atoms with E-state index in [9.17, 15) is 9.59 Å². The van der Waals surface area contributed by atoms with Crippen molar-refractivity contribution in [3.8, 4) is 0 Å². The Balaban J connectivity index is 2.93. The molecule has 1 atom stereocenters. The number of halogens is 1. The number of carbonyl (C=O) groups is 1. The Morgan fingerprint density at radius 2 is 2.31 bits per heavy atom. The van der Waals surface area contributed by atoms with Crippen LogP contribution in [0.2, 0.25) is 0 Å². The van der Waals surface area contributed by atoms with Gasteiger partial charge in [-0.3, -0.25) is 9.59 Å². The molecule has 0 saturated heterocycles. The van der Waals surface area contributed by atoms with E-state index in [0.717, 1.165) is 0 Å². The maximum atomic E-state index is 11.7. The molecule has 6 heteroatoms. The topological polar surface area (TPSA) is 82.2 Å². The van der Waals surface area contributed by atoms with Crippen LogP contribution in [0.15, 0.2) is 15.5 Å². The molecule has 0 aliphatic rings. The van der Waals surface area contributed by atoms with Gasteiger partial charge in [-0.25, -0.2) is 0 Å². The van der Waals surface area contributed by atoms with Gasteiger partial charge >= 0.3 is 0 Å². The van der Waals surface area contributed by atoms with Gasteiger partial charge in [0.25, 0.3) is 5.91 Å². The lowest BCUT2D eigenvalue weighted by molar-refractivity contribution is 0.0922. The predicted octanol–water partition coefficient (Wildman–Crippen LogP) is 0.556. The highest BCUT2D eigenvalue weighted by Crippen LogP contribution is 2.08. The Morgan fingerprint density at radius 1 is 1.69 bits per heavy atom. The Kier molecular flexibility index (Phi) is 4.26. The fourth-order valence-electron chi connectivity index (χ4n) is 1.10. The van der Waals surface area contributed by atoms with E-state index in [1.165, 1.54) is 6.20 Å². The molecule has 0 aliphatic heterocycles. The second-order valence-electron chi connectivity index (χ2n) is 3.53. The number of pyridine rings is 1. The summed E-state index contributed by atoms with van der Waals surface area (Å²) in [5.74, 6) is -0.497. The highest BCUT2D eigenvalue weighted by atomic mass is 79.9. The van der Waals surface area contributed by atoms with Crippen molar-refractivity contribution in [3.63, 3.8) is 0 Å². The van der Waals surface area contributed by atoms with Crippen LogP contribution in [-0.4, -0.2) is 28.6 Å². The molecule has 0 aliphatic carbocycles. The lowest BCUT2D eigenvalue weighted by Gasteiger charge is -2.07. The number of aliphatic hydroxyl groups excluding tert-OH is 1. The first-order valence-electron chi connectivity index (χ1n) is 4.77. The van der Waals surface area contributed by atoms with E-state index in [1.54, 1.807) is 13.8 Å². The number of rotatable bonds is 3. The average molecular weight is 289 g/mol. The van der Waals surface area contributed by atoms with Crippen LogP contribution in [0.3, 0.4) is 0 Å². The zero-order chi connectivity index (χ0) is 12.3. The van der Waals surface area contributed by atoms with Crippen LogP contribution >= 0.6 is 15.9 Å². The van der Waals surface area contributed by atoms with Gasteiger partial charge in [-0.2, -0.15) is 0 Å². The summed E-state index contributed by atoms with van der Waals surface area (Å²) in [4.78, 5) is 26.1. The highest BCUT2D eigenvalue weighted by Gasteiger charge is 2.13. The maximum absolute atomic E-state index is 11.7. The first-order chi connectivity index (χ1) is 7.43. The molecule has 0 radical (unpaired) electrons. The fraction of sp³-hybridized carbons (Fsp3) is 0.400. The number of hydrogen-bond donors (Lipinski definition) is 3. The molecule has 0 spiro atoms. The normalized spacial score (nSPS) is 12.2. The fourth-order valence-corrected chi connectivity index (χ4v) is 1.43. The minimum Gasteiger partial charge on any atom is -0.392 e. The molecule has 88 valence electrons. The largest absolute Gasteiger partial charge is 0.392 e. The highest BCUT2D eigenvalue weighted by molar-refractivity contribution is 9.10. The number of aryl methyl sites for hydroxylation is 1. The number of nitrogens with one attached hydrogen (secondary N) is 2. The van der Waals surface area contributed by atoms with Crippen LogP contribution in [0.4, 0.5) is 0 Å². The first kappa shape index (κ1) is 12.9. The number of H-pyrrole nitrogens is 1. The second-order valence-corrected chi connectivity index (χ2v) is 4.32. The van der Waals surface area contributed by atoms with Gasteiger partial charge < -0.3 is 15.4 Å². The van der Waals surface area contributed by atoms with E-state index < -0.39 is 12.0 Å². The molecule has 0 bridgehead atoms. The van der Waals surface area contributed by atoms with Gasteiger partial charge in [-0.1, -0.05) is 0 Å². The van der Waals surface area contributed by atoms with Crippen LogP contribution in [-0.2, 0) is 0 Å². The summed E-state index contributed by atoms with van der Waals surface area (Å²) in [5.41, 5.74) is 0.328. The van der Waals surface area contributed by atoms with E-state index in [4.69, 9.17) is 5.11 Å². The maximum Gasteiger partial charge on any atom is 0.256 e. The summed E-state index contributed by atoms with van der Waals surface area (Å²) in [6, 6.07) is 0. The summed E-state index contributed by atoms with van der Waals surface area (Å²) < 4.78 is 0.345. The Hall–Kier alpha value is -1.14. The molecular formula is C10H13BrN2O3. The second kappa shape index (κ2) is 5.27. The SMILES string of the molecule is Cc1[nH]cc(C(=O)NCC(C)O)c(=O)c1Br. The van der Waals surface area contributed by atoms with Crippen molar-refractivity contribution in [2.75, 3.05) is 6.54 Å². The molecule has 16 heavy (non-hydrogen) atoms. The van der Waals surface area contributed by atoms with Gasteiger partial charge in [0.1, 0.15) is 5.56 Å². The molecule has 1 rings (SSSR count). The molecule has 1 aromatic heterocycles. The van der Waals surface area contributed by atoms with Crippen LogP contribution in [0.1, 0.15) is 23.0 Å². The molecule has 0 aromatic carbocycles. The zero-order valence-electron chi connectivity index (χ0n) is 9.00. The lowest BCUT2D eigenvalue weighted by Crippen LogP contribution is -2.34. The summed E-state index contributed by atoms with van der Waals surface area (Å²) in [5, 5.41) is 11.5. The monoisotopic (exact) mass is 288 g/mol. The van der Waals surface area contributed by atoms with Gasteiger partial charge in [0.2, 0.25) is 5.43 Å². The first-order valence-corrected chi connectivity index (χ1v) is 5.56. The Labute approximate surface area is 101 Å². The number of aliphatic hydroxyl groups is 1. The molecule has 1 heterocycles. The zero-order valence-corrected chi connectivity index (χ0v) is 10.6. The minimum atomic E-state index is -0.642. The predicted molar refractivity (Wildman–Crippen MR) is 63.5 cm³/mol. The summed E-state index contributed by atoms with van der Waals surface area (Å²) >= 11 is 3.11. The average Bonchev–Trinajstić information content (AvgIpc) is 2.23. The van der Waals surface area contributed by atoms with Crippen molar-refractivity contribution in [2.24, 2.45) is 0 Å². The number of aromatic nitrogens is 1. The van der Waals surface area contributed by atoms with E-state index in [1.807, 2.05) is 0 Å². The third kappa shape index (κ3) is 2.93. The smallest absolute Gasteiger partial charge is 0.256 e. The van der Waals surface area contributed by atoms with Crippen molar-refractivity contribution in [2.45, 2.75) is 20.0 Å². The van der Waals surface area contributed by atoms with Crippen LogP contribution in [0.25, 0.3) is 0 Å². The summed E-state index contributed by atoms with van der Waals surface area (Å²) in [6.45, 7) is 3.39. The molecule has 1 unspecified atom stereocenters. The lowest BCUT2D eigenvalue weighted by atomic mass is 10.2. The number of hydrogen-bond acceptors (Lipinski definition) is 3. The molecule has 0 saturated carbocycles. The van der Waals surface area contributed by atoms with Crippen molar-refractivity contribution in [3.05, 3.63) is 32.2 Å². The van der Waals surface area contributed by atoms with Gasteiger partial charge in [-0.15, -0.1) is 0 Å². The van der Waals surface area contributed by atoms with Crippen LogP contribution < -0.4 is 10.7 Å². The van der Waals surface area contributed by atoms with Gasteiger partial charge in [0.05, 0.1) is 10.6 Å².